The fourth-order valence-electron chi connectivity index (χ4n) is 1.65. The topological polar surface area (TPSA) is 21.3 Å². The monoisotopic (exact) mass is 295 g/mol. The molecule has 1 aliphatic rings. The third-order valence-electron chi connectivity index (χ3n) is 2.42. The highest BCUT2D eigenvalue weighted by atomic mass is 79.9. The molecule has 0 radical (unpaired) electrons. The van der Waals surface area contributed by atoms with Gasteiger partial charge >= 0.3 is 0 Å². The van der Waals surface area contributed by atoms with Crippen molar-refractivity contribution in [1.82, 2.24) is 0 Å². The summed E-state index contributed by atoms with van der Waals surface area (Å²) < 4.78 is 6.70. The minimum Gasteiger partial charge on any atom is -0.451 e. The van der Waals surface area contributed by atoms with Crippen molar-refractivity contribution in [3.63, 3.8) is 0 Å². The third-order valence-corrected chi connectivity index (χ3v) is 3.38. The lowest BCUT2D eigenvalue weighted by molar-refractivity contribution is 0.481. The highest BCUT2D eigenvalue weighted by Crippen LogP contribution is 2.48. The third kappa shape index (κ3) is 1.47. The molecule has 1 heterocycles. The second kappa shape index (κ2) is 3.68. The number of ether oxygens (including phenoxy) is 1. The van der Waals surface area contributed by atoms with Crippen LogP contribution >= 0.6 is 27.5 Å². The van der Waals surface area contributed by atoms with Crippen molar-refractivity contribution in [3.8, 4) is 11.5 Å². The lowest BCUT2D eigenvalue weighted by atomic mass is 10.2. The van der Waals surface area contributed by atoms with E-state index >= 15 is 0 Å². The van der Waals surface area contributed by atoms with Gasteiger partial charge in [0, 0.05) is 4.47 Å². The Labute approximate surface area is 106 Å². The van der Waals surface area contributed by atoms with Crippen LogP contribution < -0.4 is 10.1 Å². The van der Waals surface area contributed by atoms with Crippen LogP contribution in [0.1, 0.15) is 0 Å². The fraction of sp³-hybridized carbons (Fsp3) is 0. The van der Waals surface area contributed by atoms with Crippen LogP contribution in [0, 0.1) is 0 Å². The molecule has 4 heteroatoms. The largest absolute Gasteiger partial charge is 0.451 e. The summed E-state index contributed by atoms with van der Waals surface area (Å²) in [5.74, 6) is 1.45. The van der Waals surface area contributed by atoms with E-state index in [2.05, 4.69) is 21.2 Å². The molecule has 0 saturated carbocycles. The molecule has 3 rings (SSSR count). The van der Waals surface area contributed by atoms with E-state index in [1.165, 1.54) is 0 Å². The molecule has 0 amide bonds. The average molecular weight is 297 g/mol. The molecule has 0 spiro atoms. The first-order valence-corrected chi connectivity index (χ1v) is 5.95. The number of hydrogen-bond acceptors (Lipinski definition) is 2. The minimum absolute atomic E-state index is 0.597. The molecule has 0 aromatic heterocycles. The molecule has 0 fully saturated rings. The van der Waals surface area contributed by atoms with Crippen LogP contribution in [0.4, 0.5) is 11.4 Å². The number of para-hydroxylation sites is 2. The maximum absolute atomic E-state index is 6.09. The standard InChI is InChI=1S/C12H7BrClNO/c13-7-5-6-8(14)12-11(7)15-9-3-1-2-4-10(9)16-12/h1-6,15H. The summed E-state index contributed by atoms with van der Waals surface area (Å²) >= 11 is 9.56. The number of hydrogen-bond donors (Lipinski definition) is 1. The molecule has 0 bridgehead atoms. The van der Waals surface area contributed by atoms with Gasteiger partial charge in [-0.25, -0.2) is 0 Å². The zero-order valence-electron chi connectivity index (χ0n) is 8.13. The number of anilines is 2. The Bertz CT molecular complexity index is 521. The van der Waals surface area contributed by atoms with Crippen molar-refractivity contribution in [2.45, 2.75) is 0 Å². The molecule has 0 aliphatic carbocycles. The zero-order valence-corrected chi connectivity index (χ0v) is 10.5. The highest BCUT2D eigenvalue weighted by Gasteiger charge is 2.20. The Morgan fingerprint density at radius 2 is 1.94 bits per heavy atom. The van der Waals surface area contributed by atoms with E-state index in [-0.39, 0.29) is 0 Å². The van der Waals surface area contributed by atoms with Gasteiger partial charge in [-0.1, -0.05) is 23.7 Å². The van der Waals surface area contributed by atoms with E-state index in [1.807, 2.05) is 30.3 Å². The normalized spacial score (nSPS) is 12.1. The SMILES string of the molecule is Clc1ccc(Br)c2c1Oc1ccccc1N2. The molecule has 0 unspecified atom stereocenters. The van der Waals surface area contributed by atoms with Crippen LogP contribution in [-0.2, 0) is 0 Å². The van der Waals surface area contributed by atoms with E-state index in [1.54, 1.807) is 6.07 Å². The summed E-state index contributed by atoms with van der Waals surface area (Å²) in [5, 5.41) is 3.89. The van der Waals surface area contributed by atoms with Gasteiger partial charge < -0.3 is 10.1 Å². The molecule has 0 atom stereocenters. The van der Waals surface area contributed by atoms with Crippen molar-refractivity contribution >= 4 is 38.9 Å². The molecular weight excluding hydrogens is 289 g/mol. The average Bonchev–Trinajstić information content (AvgIpc) is 2.32. The van der Waals surface area contributed by atoms with Crippen LogP contribution in [0.3, 0.4) is 0 Å². The van der Waals surface area contributed by atoms with Crippen LogP contribution in [0.5, 0.6) is 11.5 Å². The Kier molecular flexibility index (Phi) is 2.30. The second-order valence-electron chi connectivity index (χ2n) is 3.46. The van der Waals surface area contributed by atoms with Crippen LogP contribution in [0.15, 0.2) is 40.9 Å². The molecule has 2 aromatic carbocycles. The number of rotatable bonds is 0. The van der Waals surface area contributed by atoms with Crippen LogP contribution in [0.2, 0.25) is 5.02 Å². The summed E-state index contributed by atoms with van der Waals surface area (Å²) in [6, 6.07) is 11.5. The first kappa shape index (κ1) is 10.00. The van der Waals surface area contributed by atoms with Gasteiger partial charge in [0.2, 0.25) is 0 Å². The smallest absolute Gasteiger partial charge is 0.170 e. The van der Waals surface area contributed by atoms with Gasteiger partial charge in [0.1, 0.15) is 0 Å². The number of fused-ring (bicyclic) bond motifs is 2. The Morgan fingerprint density at radius 1 is 1.12 bits per heavy atom. The van der Waals surface area contributed by atoms with Gasteiger partial charge in [-0.05, 0) is 40.2 Å². The highest BCUT2D eigenvalue weighted by molar-refractivity contribution is 9.10. The summed E-state index contributed by atoms with van der Waals surface area (Å²) in [5.41, 5.74) is 1.81. The number of nitrogens with one attached hydrogen (secondary N) is 1. The van der Waals surface area contributed by atoms with E-state index in [9.17, 15) is 0 Å². The Hall–Kier alpha value is -1.19. The maximum atomic E-state index is 6.09. The van der Waals surface area contributed by atoms with E-state index < -0.39 is 0 Å². The summed E-state index contributed by atoms with van der Waals surface area (Å²) in [6.07, 6.45) is 0. The molecule has 0 saturated heterocycles. The van der Waals surface area contributed by atoms with E-state index in [4.69, 9.17) is 16.3 Å². The van der Waals surface area contributed by atoms with Crippen molar-refractivity contribution in [3.05, 3.63) is 45.9 Å². The summed E-state index contributed by atoms with van der Waals surface area (Å²) in [6.45, 7) is 0. The van der Waals surface area contributed by atoms with Crippen molar-refractivity contribution in [2.75, 3.05) is 5.32 Å². The lowest BCUT2D eigenvalue weighted by Gasteiger charge is -2.23. The summed E-state index contributed by atoms with van der Waals surface area (Å²) in [4.78, 5) is 0. The number of benzene rings is 2. The first-order chi connectivity index (χ1) is 7.75. The Morgan fingerprint density at radius 3 is 2.81 bits per heavy atom. The van der Waals surface area contributed by atoms with Gasteiger partial charge in [-0.15, -0.1) is 0 Å². The molecule has 80 valence electrons. The lowest BCUT2D eigenvalue weighted by Crippen LogP contribution is -2.03. The molecule has 1 aliphatic heterocycles. The molecular formula is C12H7BrClNO. The van der Waals surface area contributed by atoms with Gasteiger partial charge in [-0.2, -0.15) is 0 Å². The van der Waals surface area contributed by atoms with Gasteiger partial charge in [0.15, 0.2) is 11.5 Å². The van der Waals surface area contributed by atoms with Crippen LogP contribution in [0.25, 0.3) is 0 Å². The molecule has 2 aromatic rings. The number of halogens is 2. The van der Waals surface area contributed by atoms with E-state index in [0.717, 1.165) is 21.6 Å². The fourth-order valence-corrected chi connectivity index (χ4v) is 2.26. The summed E-state index contributed by atoms with van der Waals surface area (Å²) in [7, 11) is 0. The zero-order chi connectivity index (χ0) is 11.1. The van der Waals surface area contributed by atoms with Gasteiger partial charge in [0.25, 0.3) is 0 Å². The predicted octanol–water partition coefficient (Wildman–Crippen LogP) is 4.95. The van der Waals surface area contributed by atoms with Crippen molar-refractivity contribution in [1.29, 1.82) is 0 Å². The second-order valence-corrected chi connectivity index (χ2v) is 4.72. The van der Waals surface area contributed by atoms with Crippen molar-refractivity contribution in [2.24, 2.45) is 0 Å². The van der Waals surface area contributed by atoms with Crippen LogP contribution in [-0.4, -0.2) is 0 Å². The Balaban J connectivity index is 2.19. The molecule has 1 N–H and O–H groups in total. The quantitative estimate of drug-likeness (QED) is 0.633. The van der Waals surface area contributed by atoms with Gasteiger partial charge in [0.05, 0.1) is 16.4 Å². The minimum atomic E-state index is 0.597. The maximum Gasteiger partial charge on any atom is 0.170 e. The molecule has 16 heavy (non-hydrogen) atoms. The predicted molar refractivity (Wildman–Crippen MR) is 69.0 cm³/mol. The first-order valence-electron chi connectivity index (χ1n) is 4.77. The van der Waals surface area contributed by atoms with E-state index in [0.29, 0.717) is 10.8 Å². The van der Waals surface area contributed by atoms with Gasteiger partial charge in [-0.3, -0.25) is 0 Å². The molecule has 2 nitrogen and oxygen atoms in total. The van der Waals surface area contributed by atoms with Crippen molar-refractivity contribution < 1.29 is 4.74 Å².